The number of hydrogen-bond acceptors (Lipinski definition) is 4. The van der Waals surface area contributed by atoms with E-state index in [0.29, 0.717) is 5.92 Å². The molecule has 20 heavy (non-hydrogen) atoms. The Morgan fingerprint density at radius 2 is 2.20 bits per heavy atom. The van der Waals surface area contributed by atoms with E-state index in [1.54, 1.807) is 18.9 Å². The van der Waals surface area contributed by atoms with Gasteiger partial charge in [0.2, 0.25) is 0 Å². The van der Waals surface area contributed by atoms with Crippen molar-refractivity contribution in [2.75, 3.05) is 26.0 Å². The van der Waals surface area contributed by atoms with E-state index in [1.807, 2.05) is 6.07 Å². The van der Waals surface area contributed by atoms with Gasteiger partial charge in [0.1, 0.15) is 6.07 Å². The standard InChI is InChI=1S/C16H24N2OS/c1-13(2)11-18-12-14-5-6-16(15(9-14)10-17)20-8-4-7-19-3/h5-6,9,13,18H,4,7-8,11-12H2,1-3H3. The molecule has 0 radical (unpaired) electrons. The van der Waals surface area contributed by atoms with Crippen molar-refractivity contribution in [1.82, 2.24) is 5.32 Å². The third kappa shape index (κ3) is 6.42. The predicted molar refractivity (Wildman–Crippen MR) is 84.9 cm³/mol. The number of hydrogen-bond donors (Lipinski definition) is 1. The number of nitrogens with zero attached hydrogens (tertiary/aromatic N) is 1. The highest BCUT2D eigenvalue weighted by Gasteiger charge is 2.04. The lowest BCUT2D eigenvalue weighted by Gasteiger charge is -2.09. The molecule has 0 amide bonds. The van der Waals surface area contributed by atoms with Crippen LogP contribution in [0.1, 0.15) is 31.4 Å². The van der Waals surface area contributed by atoms with E-state index in [0.717, 1.165) is 42.3 Å². The summed E-state index contributed by atoms with van der Waals surface area (Å²) >= 11 is 1.73. The second-order valence-electron chi connectivity index (χ2n) is 5.16. The van der Waals surface area contributed by atoms with Crippen LogP contribution < -0.4 is 5.32 Å². The van der Waals surface area contributed by atoms with Crippen LogP contribution in [0.3, 0.4) is 0 Å². The summed E-state index contributed by atoms with van der Waals surface area (Å²) in [6.45, 7) is 6.96. The first kappa shape index (κ1) is 17.0. The molecule has 3 nitrogen and oxygen atoms in total. The molecule has 0 unspecified atom stereocenters. The van der Waals surface area contributed by atoms with Gasteiger partial charge in [-0.2, -0.15) is 5.26 Å². The van der Waals surface area contributed by atoms with Gasteiger partial charge in [0, 0.05) is 30.9 Å². The summed E-state index contributed by atoms with van der Waals surface area (Å²) < 4.78 is 5.03. The smallest absolute Gasteiger partial charge is 0.100 e. The zero-order valence-electron chi connectivity index (χ0n) is 12.6. The van der Waals surface area contributed by atoms with E-state index in [4.69, 9.17) is 4.74 Å². The quantitative estimate of drug-likeness (QED) is 0.559. The highest BCUT2D eigenvalue weighted by molar-refractivity contribution is 7.99. The topological polar surface area (TPSA) is 45.0 Å². The maximum atomic E-state index is 9.25. The van der Waals surface area contributed by atoms with E-state index >= 15 is 0 Å². The zero-order chi connectivity index (χ0) is 14.8. The SMILES string of the molecule is COCCCSc1ccc(CNCC(C)C)cc1C#N. The van der Waals surface area contributed by atoms with Crippen molar-refractivity contribution in [3.8, 4) is 6.07 Å². The van der Waals surface area contributed by atoms with E-state index in [2.05, 4.69) is 37.4 Å². The third-order valence-corrected chi connectivity index (χ3v) is 3.96. The molecule has 0 heterocycles. The number of rotatable bonds is 9. The van der Waals surface area contributed by atoms with Crippen LogP contribution in [0.2, 0.25) is 0 Å². The average molecular weight is 292 g/mol. The summed E-state index contributed by atoms with van der Waals surface area (Å²) in [5, 5.41) is 12.6. The summed E-state index contributed by atoms with van der Waals surface area (Å²) in [7, 11) is 1.71. The van der Waals surface area contributed by atoms with Crippen molar-refractivity contribution in [2.45, 2.75) is 31.7 Å². The number of nitrogens with one attached hydrogen (secondary N) is 1. The van der Waals surface area contributed by atoms with Gasteiger partial charge >= 0.3 is 0 Å². The molecule has 0 aliphatic carbocycles. The van der Waals surface area contributed by atoms with Gasteiger partial charge in [-0.05, 0) is 36.6 Å². The molecule has 0 bridgehead atoms. The lowest BCUT2D eigenvalue weighted by molar-refractivity contribution is 0.200. The molecule has 1 aromatic carbocycles. The molecular weight excluding hydrogens is 268 g/mol. The minimum absolute atomic E-state index is 0.640. The Kier molecular flexibility index (Phi) is 8.36. The molecule has 0 aromatic heterocycles. The number of benzene rings is 1. The Hall–Kier alpha value is -1.02. The van der Waals surface area contributed by atoms with E-state index in [-0.39, 0.29) is 0 Å². The molecule has 0 saturated heterocycles. The van der Waals surface area contributed by atoms with Gasteiger partial charge in [-0.3, -0.25) is 0 Å². The van der Waals surface area contributed by atoms with Crippen LogP contribution >= 0.6 is 11.8 Å². The largest absolute Gasteiger partial charge is 0.385 e. The Labute approximate surface area is 126 Å². The van der Waals surface area contributed by atoms with Crippen LogP contribution in [0.15, 0.2) is 23.1 Å². The molecular formula is C16H24N2OS. The highest BCUT2D eigenvalue weighted by Crippen LogP contribution is 2.24. The van der Waals surface area contributed by atoms with Crippen LogP contribution in [-0.4, -0.2) is 26.0 Å². The summed E-state index contributed by atoms with van der Waals surface area (Å²) in [5.74, 6) is 1.62. The molecule has 0 aliphatic heterocycles. The van der Waals surface area contributed by atoms with E-state index < -0.39 is 0 Å². The van der Waals surface area contributed by atoms with E-state index in [9.17, 15) is 5.26 Å². The Morgan fingerprint density at radius 3 is 2.85 bits per heavy atom. The number of methoxy groups -OCH3 is 1. The van der Waals surface area contributed by atoms with Crippen LogP contribution in [0, 0.1) is 17.2 Å². The summed E-state index contributed by atoms with van der Waals surface area (Å²) in [5.41, 5.74) is 1.94. The first-order valence-corrected chi connectivity index (χ1v) is 8.01. The normalized spacial score (nSPS) is 10.8. The molecule has 0 saturated carbocycles. The van der Waals surface area contributed by atoms with Crippen LogP contribution in [0.5, 0.6) is 0 Å². The lowest BCUT2D eigenvalue weighted by atomic mass is 10.1. The molecule has 1 N–H and O–H groups in total. The first-order valence-electron chi connectivity index (χ1n) is 7.02. The fraction of sp³-hybridized carbons (Fsp3) is 0.562. The number of nitriles is 1. The van der Waals surface area contributed by atoms with Crippen molar-refractivity contribution in [3.63, 3.8) is 0 Å². The van der Waals surface area contributed by atoms with Gasteiger partial charge in [0.15, 0.2) is 0 Å². The Morgan fingerprint density at radius 1 is 1.40 bits per heavy atom. The molecule has 0 aliphatic rings. The number of ether oxygens (including phenoxy) is 1. The average Bonchev–Trinajstić information content (AvgIpc) is 2.44. The Balaban J connectivity index is 2.54. The fourth-order valence-corrected chi connectivity index (χ4v) is 2.70. The second-order valence-corrected chi connectivity index (χ2v) is 6.30. The predicted octanol–water partition coefficient (Wildman–Crippen LogP) is 3.43. The molecule has 0 fully saturated rings. The Bertz CT molecular complexity index is 441. The van der Waals surface area contributed by atoms with E-state index in [1.165, 1.54) is 5.56 Å². The fourth-order valence-electron chi connectivity index (χ4n) is 1.79. The van der Waals surface area contributed by atoms with Crippen molar-refractivity contribution < 1.29 is 4.74 Å². The third-order valence-electron chi connectivity index (χ3n) is 2.80. The van der Waals surface area contributed by atoms with Gasteiger partial charge in [-0.15, -0.1) is 11.8 Å². The highest BCUT2D eigenvalue weighted by atomic mass is 32.2. The van der Waals surface area contributed by atoms with Crippen LogP contribution in [0.4, 0.5) is 0 Å². The molecule has 0 atom stereocenters. The van der Waals surface area contributed by atoms with Crippen molar-refractivity contribution >= 4 is 11.8 Å². The minimum Gasteiger partial charge on any atom is -0.385 e. The molecule has 1 rings (SSSR count). The molecule has 0 spiro atoms. The van der Waals surface area contributed by atoms with Gasteiger partial charge in [-0.1, -0.05) is 19.9 Å². The van der Waals surface area contributed by atoms with Crippen LogP contribution in [0.25, 0.3) is 0 Å². The second kappa shape index (κ2) is 9.82. The summed E-state index contributed by atoms with van der Waals surface area (Å²) in [6, 6.07) is 8.45. The summed E-state index contributed by atoms with van der Waals surface area (Å²) in [6.07, 6.45) is 1.00. The van der Waals surface area contributed by atoms with Crippen molar-refractivity contribution in [1.29, 1.82) is 5.26 Å². The van der Waals surface area contributed by atoms with Gasteiger partial charge in [-0.25, -0.2) is 0 Å². The van der Waals surface area contributed by atoms with Gasteiger partial charge in [0.25, 0.3) is 0 Å². The van der Waals surface area contributed by atoms with Gasteiger partial charge in [0.05, 0.1) is 5.56 Å². The van der Waals surface area contributed by atoms with Crippen molar-refractivity contribution in [3.05, 3.63) is 29.3 Å². The van der Waals surface area contributed by atoms with Gasteiger partial charge < -0.3 is 10.1 Å². The monoisotopic (exact) mass is 292 g/mol. The van der Waals surface area contributed by atoms with Crippen molar-refractivity contribution in [2.24, 2.45) is 5.92 Å². The minimum atomic E-state index is 0.640. The molecule has 110 valence electrons. The summed E-state index contributed by atoms with van der Waals surface area (Å²) in [4.78, 5) is 1.07. The molecule has 4 heteroatoms. The number of thioether (sulfide) groups is 1. The van der Waals surface area contributed by atoms with Crippen LogP contribution in [-0.2, 0) is 11.3 Å². The molecule has 1 aromatic rings. The maximum absolute atomic E-state index is 9.25. The maximum Gasteiger partial charge on any atom is 0.100 e. The zero-order valence-corrected chi connectivity index (χ0v) is 13.4. The lowest BCUT2D eigenvalue weighted by Crippen LogP contribution is -2.18. The first-order chi connectivity index (χ1) is 9.67.